The van der Waals surface area contributed by atoms with Crippen LogP contribution < -0.4 is 11.3 Å². The fourth-order valence-corrected chi connectivity index (χ4v) is 5.22. The van der Waals surface area contributed by atoms with Crippen LogP contribution in [0.1, 0.15) is 16.3 Å². The SMILES string of the molecule is Cn1c2nc(Cc3cccc(N)n3)sc2c2cnn(Cc3cccc4[nH]ncc34)c(=O)c21. The van der Waals surface area contributed by atoms with E-state index < -0.39 is 0 Å². The van der Waals surface area contributed by atoms with E-state index in [0.717, 1.165) is 42.9 Å². The highest BCUT2D eigenvalue weighted by molar-refractivity contribution is 7.19. The second kappa shape index (κ2) is 6.99. The molecule has 0 atom stereocenters. The molecule has 0 spiro atoms. The first kappa shape index (κ1) is 18.7. The van der Waals surface area contributed by atoms with Crippen LogP contribution >= 0.6 is 11.3 Å². The van der Waals surface area contributed by atoms with Crippen LogP contribution in [-0.2, 0) is 20.0 Å². The minimum absolute atomic E-state index is 0.144. The van der Waals surface area contributed by atoms with Crippen molar-refractivity contribution >= 4 is 49.3 Å². The van der Waals surface area contributed by atoms with E-state index in [0.29, 0.717) is 24.3 Å². The average Bonchev–Trinajstić information content (AvgIpc) is 3.47. The molecule has 5 aromatic heterocycles. The molecular weight excluding hydrogens is 424 g/mol. The number of aromatic amines is 1. The third-order valence-corrected chi connectivity index (χ3v) is 6.70. The number of hydrogen-bond acceptors (Lipinski definition) is 7. The predicted octanol–water partition coefficient (Wildman–Crippen LogP) is 2.84. The van der Waals surface area contributed by atoms with E-state index in [-0.39, 0.29) is 5.56 Å². The highest BCUT2D eigenvalue weighted by Crippen LogP contribution is 2.31. The topological polar surface area (TPSA) is 120 Å². The van der Waals surface area contributed by atoms with Crippen LogP contribution in [0.5, 0.6) is 0 Å². The highest BCUT2D eigenvalue weighted by atomic mass is 32.1. The van der Waals surface area contributed by atoms with Crippen molar-refractivity contribution in [1.82, 2.24) is 34.5 Å². The molecule has 0 aliphatic carbocycles. The van der Waals surface area contributed by atoms with Gasteiger partial charge in [0.2, 0.25) is 0 Å². The van der Waals surface area contributed by atoms with Gasteiger partial charge in [0.05, 0.1) is 29.2 Å². The van der Waals surface area contributed by atoms with Gasteiger partial charge >= 0.3 is 0 Å². The Kier molecular flexibility index (Phi) is 4.08. The van der Waals surface area contributed by atoms with Crippen LogP contribution in [0.2, 0.25) is 0 Å². The van der Waals surface area contributed by atoms with Crippen molar-refractivity contribution in [2.24, 2.45) is 7.05 Å². The average molecular weight is 443 g/mol. The van der Waals surface area contributed by atoms with Crippen LogP contribution in [0.25, 0.3) is 32.2 Å². The Labute approximate surface area is 185 Å². The number of aryl methyl sites for hydroxylation is 1. The molecule has 32 heavy (non-hydrogen) atoms. The van der Waals surface area contributed by atoms with Gasteiger partial charge in [0.25, 0.3) is 5.56 Å². The monoisotopic (exact) mass is 442 g/mol. The van der Waals surface area contributed by atoms with Gasteiger partial charge in [0.15, 0.2) is 5.65 Å². The largest absolute Gasteiger partial charge is 0.384 e. The molecule has 0 radical (unpaired) electrons. The Morgan fingerprint density at radius 3 is 2.84 bits per heavy atom. The maximum atomic E-state index is 13.3. The lowest BCUT2D eigenvalue weighted by atomic mass is 10.1. The molecule has 158 valence electrons. The molecule has 3 N–H and O–H groups in total. The van der Waals surface area contributed by atoms with Crippen LogP contribution in [0.15, 0.2) is 53.6 Å². The van der Waals surface area contributed by atoms with Gasteiger partial charge in [-0.05, 0) is 23.8 Å². The zero-order valence-corrected chi connectivity index (χ0v) is 17.9. The predicted molar refractivity (Wildman–Crippen MR) is 125 cm³/mol. The number of hydrogen-bond donors (Lipinski definition) is 2. The molecule has 5 heterocycles. The summed E-state index contributed by atoms with van der Waals surface area (Å²) < 4.78 is 4.30. The molecule has 0 bridgehead atoms. The number of nitrogens with zero attached hydrogens (tertiary/aromatic N) is 6. The third kappa shape index (κ3) is 2.88. The van der Waals surface area contributed by atoms with Gasteiger partial charge in [-0.1, -0.05) is 18.2 Å². The molecule has 0 aliphatic rings. The van der Waals surface area contributed by atoms with Crippen molar-refractivity contribution < 1.29 is 0 Å². The van der Waals surface area contributed by atoms with Crippen molar-refractivity contribution in [3.05, 3.63) is 75.4 Å². The van der Waals surface area contributed by atoms with Crippen LogP contribution in [-0.4, -0.2) is 34.5 Å². The van der Waals surface area contributed by atoms with E-state index in [1.165, 1.54) is 4.68 Å². The summed E-state index contributed by atoms with van der Waals surface area (Å²) in [5, 5.41) is 14.2. The number of benzene rings is 1. The van der Waals surface area contributed by atoms with E-state index in [9.17, 15) is 4.79 Å². The number of thiazole rings is 1. The maximum absolute atomic E-state index is 13.3. The summed E-state index contributed by atoms with van der Waals surface area (Å²) in [5.41, 5.74) is 9.80. The normalized spacial score (nSPS) is 11.8. The zero-order valence-electron chi connectivity index (χ0n) is 17.1. The quantitative estimate of drug-likeness (QED) is 0.433. The first-order valence-corrected chi connectivity index (χ1v) is 10.9. The first-order chi connectivity index (χ1) is 15.6. The molecule has 10 heteroatoms. The molecule has 0 saturated carbocycles. The lowest BCUT2D eigenvalue weighted by molar-refractivity contribution is 0.647. The fraction of sp³-hybridized carbons (Fsp3) is 0.136. The summed E-state index contributed by atoms with van der Waals surface area (Å²) in [7, 11) is 1.87. The summed E-state index contributed by atoms with van der Waals surface area (Å²) in [6, 6.07) is 11.5. The van der Waals surface area contributed by atoms with Crippen molar-refractivity contribution in [3.63, 3.8) is 0 Å². The number of pyridine rings is 1. The van der Waals surface area contributed by atoms with E-state index in [4.69, 9.17) is 10.7 Å². The molecule has 6 rings (SSSR count). The van der Waals surface area contributed by atoms with E-state index in [1.807, 2.05) is 41.9 Å². The molecule has 9 nitrogen and oxygen atoms in total. The highest BCUT2D eigenvalue weighted by Gasteiger charge is 2.19. The molecule has 0 amide bonds. The summed E-state index contributed by atoms with van der Waals surface area (Å²) >= 11 is 1.56. The molecule has 1 aromatic carbocycles. The van der Waals surface area contributed by atoms with Gasteiger partial charge in [-0.25, -0.2) is 14.6 Å². The van der Waals surface area contributed by atoms with Crippen LogP contribution in [0.4, 0.5) is 5.82 Å². The van der Waals surface area contributed by atoms with Crippen molar-refractivity contribution in [2.75, 3.05) is 5.73 Å². The Hall–Kier alpha value is -4.05. The van der Waals surface area contributed by atoms with E-state index >= 15 is 0 Å². The summed E-state index contributed by atoms with van der Waals surface area (Å²) in [4.78, 5) is 22.5. The molecular formula is C22H18N8OS. The van der Waals surface area contributed by atoms with Crippen LogP contribution in [0, 0.1) is 0 Å². The lowest BCUT2D eigenvalue weighted by Gasteiger charge is -2.07. The summed E-state index contributed by atoms with van der Waals surface area (Å²) in [5.74, 6) is 0.491. The molecule has 6 aromatic rings. The molecule has 0 unspecified atom stereocenters. The smallest absolute Gasteiger partial charge is 0.291 e. The fourth-order valence-electron chi connectivity index (χ4n) is 4.10. The van der Waals surface area contributed by atoms with E-state index in [2.05, 4.69) is 20.3 Å². The van der Waals surface area contributed by atoms with Gasteiger partial charge in [-0.3, -0.25) is 9.89 Å². The van der Waals surface area contributed by atoms with Crippen molar-refractivity contribution in [3.8, 4) is 0 Å². The molecule has 0 fully saturated rings. The number of nitrogens with one attached hydrogen (secondary N) is 1. The number of anilines is 1. The second-order valence-electron chi connectivity index (χ2n) is 7.67. The Bertz CT molecular complexity index is 1690. The maximum Gasteiger partial charge on any atom is 0.291 e. The molecule has 0 saturated heterocycles. The number of H-pyrrole nitrogens is 1. The Balaban J connectivity index is 1.42. The first-order valence-electron chi connectivity index (χ1n) is 10.0. The third-order valence-electron chi connectivity index (χ3n) is 5.63. The van der Waals surface area contributed by atoms with Crippen LogP contribution in [0.3, 0.4) is 0 Å². The lowest BCUT2D eigenvalue weighted by Crippen LogP contribution is -2.24. The zero-order chi connectivity index (χ0) is 21.8. The summed E-state index contributed by atoms with van der Waals surface area (Å²) in [6.45, 7) is 0.365. The number of rotatable bonds is 4. The van der Waals surface area contributed by atoms with Gasteiger partial charge in [0.1, 0.15) is 16.3 Å². The molecule has 0 aliphatic heterocycles. The van der Waals surface area contributed by atoms with Crippen molar-refractivity contribution in [1.29, 1.82) is 0 Å². The number of aromatic nitrogens is 7. The Morgan fingerprint density at radius 2 is 1.97 bits per heavy atom. The minimum Gasteiger partial charge on any atom is -0.384 e. The number of nitrogens with two attached hydrogens (primary N) is 1. The minimum atomic E-state index is -0.144. The summed E-state index contributed by atoms with van der Waals surface area (Å²) in [6.07, 6.45) is 4.12. The van der Waals surface area contributed by atoms with Gasteiger partial charge in [-0.15, -0.1) is 11.3 Å². The van der Waals surface area contributed by atoms with Gasteiger partial charge in [0, 0.05) is 29.9 Å². The van der Waals surface area contributed by atoms with Crippen molar-refractivity contribution in [2.45, 2.75) is 13.0 Å². The number of nitrogen functional groups attached to an aromatic ring is 1. The number of fused-ring (bicyclic) bond motifs is 4. The van der Waals surface area contributed by atoms with Gasteiger partial charge < -0.3 is 10.3 Å². The van der Waals surface area contributed by atoms with E-state index in [1.54, 1.807) is 29.8 Å². The van der Waals surface area contributed by atoms with Gasteiger partial charge in [-0.2, -0.15) is 10.2 Å². The second-order valence-corrected chi connectivity index (χ2v) is 8.75. The standard InChI is InChI=1S/C22H18N8OS/c1-29-19-15(20-21(29)27-18(32-20)8-13-5-3-7-17(23)26-13)10-25-30(22(19)31)11-12-4-2-6-16-14(12)9-24-28-16/h2-7,9-10H,8,11H2,1H3,(H2,23,26)(H,24,28). The Morgan fingerprint density at radius 1 is 1.09 bits per heavy atom.